The van der Waals surface area contributed by atoms with E-state index in [-0.39, 0.29) is 18.7 Å². The van der Waals surface area contributed by atoms with Crippen LogP contribution in [0.3, 0.4) is 0 Å². The summed E-state index contributed by atoms with van der Waals surface area (Å²) in [6, 6.07) is 4.80. The van der Waals surface area contributed by atoms with Crippen molar-refractivity contribution in [3.05, 3.63) is 29.6 Å². The van der Waals surface area contributed by atoms with Crippen molar-refractivity contribution in [1.82, 2.24) is 0 Å². The number of ether oxygens (including phenoxy) is 2. The summed E-state index contributed by atoms with van der Waals surface area (Å²) in [6.07, 6.45) is 0.166. The number of nitrogens with two attached hydrogens (primary N) is 1. The van der Waals surface area contributed by atoms with Gasteiger partial charge >= 0.3 is 5.97 Å². The van der Waals surface area contributed by atoms with E-state index in [1.54, 1.807) is 19.1 Å². The molecule has 0 amide bonds. The van der Waals surface area contributed by atoms with Gasteiger partial charge in [-0.1, -0.05) is 12.1 Å². The standard InChI is InChI=1S/C13H18FNO3/c1-13(8-15,12(16)18-3)7-9-5-4-6-10(17-2)11(9)14/h4-6H,7-8,15H2,1-3H3. The molecule has 0 bridgehead atoms. The van der Waals surface area contributed by atoms with Crippen LogP contribution in [0.1, 0.15) is 12.5 Å². The zero-order valence-electron chi connectivity index (χ0n) is 10.8. The zero-order valence-corrected chi connectivity index (χ0v) is 10.8. The molecule has 0 aromatic heterocycles. The van der Waals surface area contributed by atoms with E-state index in [0.717, 1.165) is 0 Å². The van der Waals surface area contributed by atoms with Crippen molar-refractivity contribution in [2.75, 3.05) is 20.8 Å². The van der Waals surface area contributed by atoms with E-state index >= 15 is 0 Å². The molecule has 1 unspecified atom stereocenters. The molecular weight excluding hydrogens is 237 g/mol. The largest absolute Gasteiger partial charge is 0.494 e. The minimum atomic E-state index is -0.943. The average Bonchev–Trinajstić information content (AvgIpc) is 2.40. The number of esters is 1. The van der Waals surface area contributed by atoms with Crippen LogP contribution in [0.4, 0.5) is 4.39 Å². The number of halogens is 1. The Balaban J connectivity index is 3.06. The van der Waals surface area contributed by atoms with Crippen LogP contribution in [0.15, 0.2) is 18.2 Å². The molecule has 0 aliphatic heterocycles. The van der Waals surface area contributed by atoms with Crippen LogP contribution >= 0.6 is 0 Å². The van der Waals surface area contributed by atoms with Gasteiger partial charge in [-0.15, -0.1) is 0 Å². The topological polar surface area (TPSA) is 61.5 Å². The Morgan fingerprint density at radius 2 is 2.11 bits per heavy atom. The molecule has 0 fully saturated rings. The molecule has 0 saturated carbocycles. The zero-order chi connectivity index (χ0) is 13.8. The molecule has 0 radical (unpaired) electrons. The maximum atomic E-state index is 14.0. The third kappa shape index (κ3) is 2.79. The Morgan fingerprint density at radius 1 is 1.44 bits per heavy atom. The third-order valence-corrected chi connectivity index (χ3v) is 2.97. The van der Waals surface area contributed by atoms with Gasteiger partial charge in [0.15, 0.2) is 11.6 Å². The highest BCUT2D eigenvalue weighted by Crippen LogP contribution is 2.28. The normalized spacial score (nSPS) is 13.8. The lowest BCUT2D eigenvalue weighted by Gasteiger charge is -2.25. The van der Waals surface area contributed by atoms with Gasteiger partial charge in [0.05, 0.1) is 19.6 Å². The first-order valence-corrected chi connectivity index (χ1v) is 5.58. The Hall–Kier alpha value is -1.62. The molecule has 1 rings (SSSR count). The summed E-state index contributed by atoms with van der Waals surface area (Å²) in [4.78, 5) is 11.7. The van der Waals surface area contributed by atoms with E-state index < -0.39 is 17.2 Å². The molecule has 0 spiro atoms. The fourth-order valence-electron chi connectivity index (χ4n) is 1.74. The molecule has 5 heteroatoms. The molecule has 4 nitrogen and oxygen atoms in total. The van der Waals surface area contributed by atoms with E-state index in [1.807, 2.05) is 0 Å². The lowest BCUT2D eigenvalue weighted by Crippen LogP contribution is -2.39. The number of benzene rings is 1. The lowest BCUT2D eigenvalue weighted by atomic mass is 9.83. The number of carbonyl (C=O) groups is 1. The van der Waals surface area contributed by atoms with Gasteiger partial charge in [-0.05, 0) is 25.0 Å². The van der Waals surface area contributed by atoms with Gasteiger partial charge < -0.3 is 15.2 Å². The Kier molecular flexibility index (Phi) is 4.67. The maximum absolute atomic E-state index is 14.0. The van der Waals surface area contributed by atoms with Crippen LogP contribution in [-0.2, 0) is 16.0 Å². The fraction of sp³-hybridized carbons (Fsp3) is 0.462. The van der Waals surface area contributed by atoms with Crippen molar-refractivity contribution in [2.45, 2.75) is 13.3 Å². The van der Waals surface area contributed by atoms with E-state index in [0.29, 0.717) is 5.56 Å². The van der Waals surface area contributed by atoms with Crippen molar-refractivity contribution >= 4 is 5.97 Å². The fourth-order valence-corrected chi connectivity index (χ4v) is 1.74. The van der Waals surface area contributed by atoms with E-state index in [1.165, 1.54) is 20.3 Å². The Bertz CT molecular complexity index is 436. The van der Waals surface area contributed by atoms with Crippen LogP contribution in [0.5, 0.6) is 5.75 Å². The highest BCUT2D eigenvalue weighted by molar-refractivity contribution is 5.77. The van der Waals surface area contributed by atoms with Crippen LogP contribution < -0.4 is 10.5 Å². The number of hydrogen-bond donors (Lipinski definition) is 1. The van der Waals surface area contributed by atoms with Gasteiger partial charge in [0.2, 0.25) is 0 Å². The summed E-state index contributed by atoms with van der Waals surface area (Å²) in [6.45, 7) is 1.73. The van der Waals surface area contributed by atoms with Gasteiger partial charge in [0.1, 0.15) is 0 Å². The second kappa shape index (κ2) is 5.82. The Morgan fingerprint density at radius 3 is 2.61 bits per heavy atom. The number of hydrogen-bond acceptors (Lipinski definition) is 4. The first kappa shape index (κ1) is 14.4. The highest BCUT2D eigenvalue weighted by Gasteiger charge is 2.34. The number of carbonyl (C=O) groups excluding carboxylic acids is 1. The predicted octanol–water partition coefficient (Wildman–Crippen LogP) is 1.51. The minimum absolute atomic E-state index is 0.0797. The first-order valence-electron chi connectivity index (χ1n) is 5.58. The maximum Gasteiger partial charge on any atom is 0.313 e. The molecule has 18 heavy (non-hydrogen) atoms. The molecule has 1 aromatic rings. The predicted molar refractivity (Wildman–Crippen MR) is 65.8 cm³/mol. The summed E-state index contributed by atoms with van der Waals surface area (Å²) >= 11 is 0. The van der Waals surface area contributed by atoms with Crippen LogP contribution in [0.25, 0.3) is 0 Å². The second-order valence-corrected chi connectivity index (χ2v) is 4.37. The molecule has 1 aromatic carbocycles. The quantitative estimate of drug-likeness (QED) is 0.810. The van der Waals surface area contributed by atoms with Gasteiger partial charge in [-0.3, -0.25) is 4.79 Å². The molecule has 100 valence electrons. The van der Waals surface area contributed by atoms with E-state index in [9.17, 15) is 9.18 Å². The molecule has 0 saturated heterocycles. The molecule has 2 N–H and O–H groups in total. The molecule has 0 heterocycles. The van der Waals surface area contributed by atoms with Crippen molar-refractivity contribution in [3.8, 4) is 5.75 Å². The molecule has 1 atom stereocenters. The SMILES string of the molecule is COC(=O)C(C)(CN)Cc1cccc(OC)c1F. The molecular formula is C13H18FNO3. The summed E-state index contributed by atoms with van der Waals surface area (Å²) in [5, 5.41) is 0. The van der Waals surface area contributed by atoms with Crippen molar-refractivity contribution < 1.29 is 18.7 Å². The van der Waals surface area contributed by atoms with Crippen LogP contribution in [0, 0.1) is 11.2 Å². The smallest absolute Gasteiger partial charge is 0.313 e. The van der Waals surface area contributed by atoms with E-state index in [4.69, 9.17) is 15.2 Å². The van der Waals surface area contributed by atoms with Gasteiger partial charge in [0.25, 0.3) is 0 Å². The average molecular weight is 255 g/mol. The summed E-state index contributed by atoms with van der Waals surface area (Å²) < 4.78 is 23.6. The number of methoxy groups -OCH3 is 2. The van der Waals surface area contributed by atoms with Crippen molar-refractivity contribution in [3.63, 3.8) is 0 Å². The van der Waals surface area contributed by atoms with Gasteiger partial charge in [-0.25, -0.2) is 4.39 Å². The second-order valence-electron chi connectivity index (χ2n) is 4.37. The van der Waals surface area contributed by atoms with Gasteiger partial charge in [0, 0.05) is 6.54 Å². The van der Waals surface area contributed by atoms with Crippen molar-refractivity contribution in [1.29, 1.82) is 0 Å². The highest BCUT2D eigenvalue weighted by atomic mass is 19.1. The Labute approximate surface area is 106 Å². The minimum Gasteiger partial charge on any atom is -0.494 e. The number of rotatable bonds is 5. The summed E-state index contributed by atoms with van der Waals surface area (Å²) in [5.74, 6) is -0.771. The molecule has 0 aliphatic rings. The lowest BCUT2D eigenvalue weighted by molar-refractivity contribution is -0.151. The van der Waals surface area contributed by atoms with Crippen molar-refractivity contribution in [2.24, 2.45) is 11.1 Å². The van der Waals surface area contributed by atoms with Gasteiger partial charge in [-0.2, -0.15) is 0 Å². The third-order valence-electron chi connectivity index (χ3n) is 2.97. The summed E-state index contributed by atoms with van der Waals surface area (Å²) in [5.41, 5.74) is 5.04. The van der Waals surface area contributed by atoms with E-state index in [2.05, 4.69) is 0 Å². The molecule has 0 aliphatic carbocycles. The first-order chi connectivity index (χ1) is 8.48. The monoisotopic (exact) mass is 255 g/mol. The van der Waals surface area contributed by atoms with Crippen LogP contribution in [0.2, 0.25) is 0 Å². The van der Waals surface area contributed by atoms with Crippen LogP contribution in [-0.4, -0.2) is 26.7 Å². The summed E-state index contributed by atoms with van der Waals surface area (Å²) in [7, 11) is 2.68.